The SMILES string of the molecule is C=CCCC.ClC(Cl)Cl. The zero-order chi connectivity index (χ0) is 7.70. The van der Waals surface area contributed by atoms with Crippen molar-refractivity contribution < 1.29 is 0 Å². The average Bonchev–Trinajstić information content (AvgIpc) is 1.66. The smallest absolute Gasteiger partial charge is 0.103 e. The first-order chi connectivity index (χ1) is 4.15. The van der Waals surface area contributed by atoms with E-state index in [-0.39, 0.29) is 0 Å². The Hall–Kier alpha value is 0.610. The monoisotopic (exact) mass is 188 g/mol. The molecule has 0 aliphatic heterocycles. The summed E-state index contributed by atoms with van der Waals surface area (Å²) in [6.45, 7) is 5.69. The quantitative estimate of drug-likeness (QED) is 0.456. The van der Waals surface area contributed by atoms with E-state index in [1.807, 2.05) is 6.08 Å². The van der Waals surface area contributed by atoms with Crippen LogP contribution >= 0.6 is 34.8 Å². The molecule has 0 unspecified atom stereocenters. The Balaban J connectivity index is 0. The lowest BCUT2D eigenvalue weighted by atomic mass is 10.3. The van der Waals surface area contributed by atoms with Crippen LogP contribution in [0.25, 0.3) is 0 Å². The molecule has 0 saturated heterocycles. The maximum Gasteiger partial charge on any atom is 0.180 e. The summed E-state index contributed by atoms with van der Waals surface area (Å²) in [5, 5.41) is 0. The number of hydrogen-bond donors (Lipinski definition) is 0. The predicted octanol–water partition coefficient (Wildman–Crippen LogP) is 3.96. The van der Waals surface area contributed by atoms with Crippen molar-refractivity contribution >= 4 is 34.8 Å². The maximum atomic E-state index is 4.81. The molecule has 0 nitrogen and oxygen atoms in total. The van der Waals surface area contributed by atoms with Gasteiger partial charge in [0.15, 0.2) is 4.30 Å². The van der Waals surface area contributed by atoms with Crippen LogP contribution in [-0.2, 0) is 0 Å². The fourth-order valence-electron chi connectivity index (χ4n) is 0.204. The van der Waals surface area contributed by atoms with Crippen LogP contribution in [0, 0.1) is 0 Å². The van der Waals surface area contributed by atoms with Crippen molar-refractivity contribution in [2.24, 2.45) is 0 Å². The fourth-order valence-corrected chi connectivity index (χ4v) is 0.204. The molecule has 56 valence electrons. The molecule has 0 fully saturated rings. The number of alkyl halides is 3. The van der Waals surface area contributed by atoms with Crippen LogP contribution in [0.1, 0.15) is 19.8 Å². The molecule has 0 aliphatic carbocycles. The molecular formula is C6H11Cl3. The third kappa shape index (κ3) is 55.2. The number of unbranched alkanes of at least 4 members (excludes halogenated alkanes) is 1. The van der Waals surface area contributed by atoms with Crippen molar-refractivity contribution in [1.82, 2.24) is 0 Å². The number of allylic oxidation sites excluding steroid dienone is 1. The van der Waals surface area contributed by atoms with E-state index in [2.05, 4.69) is 13.5 Å². The summed E-state index contributed by atoms with van der Waals surface area (Å²) in [6.07, 6.45) is 4.31. The zero-order valence-electron chi connectivity index (χ0n) is 5.41. The number of hydrogen-bond acceptors (Lipinski definition) is 0. The molecule has 0 saturated carbocycles. The maximum absolute atomic E-state index is 4.81. The Morgan fingerprint density at radius 1 is 1.44 bits per heavy atom. The average molecular weight is 190 g/mol. The normalized spacial score (nSPS) is 8.11. The molecule has 0 bridgehead atoms. The van der Waals surface area contributed by atoms with E-state index in [1.165, 1.54) is 6.42 Å². The van der Waals surface area contributed by atoms with Gasteiger partial charge in [-0.2, -0.15) is 0 Å². The molecule has 0 radical (unpaired) electrons. The summed E-state index contributed by atoms with van der Waals surface area (Å²) < 4.78 is -0.750. The molecule has 0 aromatic carbocycles. The van der Waals surface area contributed by atoms with E-state index in [1.54, 1.807) is 0 Å². The second-order valence-corrected chi connectivity index (χ2v) is 3.30. The van der Waals surface area contributed by atoms with Crippen molar-refractivity contribution in [3.05, 3.63) is 12.7 Å². The van der Waals surface area contributed by atoms with E-state index in [0.717, 1.165) is 6.42 Å². The molecule has 0 spiro atoms. The first-order valence-electron chi connectivity index (χ1n) is 2.68. The topological polar surface area (TPSA) is 0 Å². The van der Waals surface area contributed by atoms with Crippen LogP contribution in [0.3, 0.4) is 0 Å². The first kappa shape index (κ1) is 12.3. The van der Waals surface area contributed by atoms with Crippen LogP contribution in [0.15, 0.2) is 12.7 Å². The molecule has 0 rings (SSSR count). The molecule has 0 N–H and O–H groups in total. The third-order valence-corrected chi connectivity index (χ3v) is 0.493. The van der Waals surface area contributed by atoms with Crippen molar-refractivity contribution in [1.29, 1.82) is 0 Å². The number of halogens is 3. The fraction of sp³-hybridized carbons (Fsp3) is 0.667. The predicted molar refractivity (Wildman–Crippen MR) is 46.5 cm³/mol. The Morgan fingerprint density at radius 2 is 1.78 bits per heavy atom. The van der Waals surface area contributed by atoms with E-state index in [4.69, 9.17) is 34.8 Å². The van der Waals surface area contributed by atoms with Gasteiger partial charge in [0.25, 0.3) is 0 Å². The van der Waals surface area contributed by atoms with E-state index in [0.29, 0.717) is 0 Å². The van der Waals surface area contributed by atoms with Gasteiger partial charge < -0.3 is 0 Å². The van der Waals surface area contributed by atoms with Gasteiger partial charge in [-0.05, 0) is 6.42 Å². The van der Waals surface area contributed by atoms with Gasteiger partial charge in [0.05, 0.1) is 0 Å². The van der Waals surface area contributed by atoms with Gasteiger partial charge >= 0.3 is 0 Å². The summed E-state index contributed by atoms with van der Waals surface area (Å²) >= 11 is 14.4. The second-order valence-electron chi connectivity index (χ2n) is 1.32. The van der Waals surface area contributed by atoms with Crippen LogP contribution in [0.2, 0.25) is 0 Å². The summed E-state index contributed by atoms with van der Waals surface area (Å²) in [5.74, 6) is 0. The van der Waals surface area contributed by atoms with Gasteiger partial charge in [0.1, 0.15) is 0 Å². The highest BCUT2D eigenvalue weighted by atomic mass is 35.6. The lowest BCUT2D eigenvalue weighted by molar-refractivity contribution is 0.961. The van der Waals surface area contributed by atoms with Gasteiger partial charge in [-0.3, -0.25) is 0 Å². The molecule has 0 aromatic heterocycles. The van der Waals surface area contributed by atoms with Gasteiger partial charge in [-0.15, -0.1) is 6.58 Å². The lowest BCUT2D eigenvalue weighted by Gasteiger charge is -1.72. The van der Waals surface area contributed by atoms with Crippen LogP contribution in [0.5, 0.6) is 0 Å². The van der Waals surface area contributed by atoms with Crippen molar-refractivity contribution in [2.45, 2.75) is 24.1 Å². The summed E-state index contributed by atoms with van der Waals surface area (Å²) in [4.78, 5) is 0. The van der Waals surface area contributed by atoms with Crippen molar-refractivity contribution in [3.63, 3.8) is 0 Å². The second kappa shape index (κ2) is 11.4. The first-order valence-corrected chi connectivity index (χ1v) is 3.99. The van der Waals surface area contributed by atoms with Crippen LogP contribution in [-0.4, -0.2) is 4.30 Å². The van der Waals surface area contributed by atoms with Gasteiger partial charge in [0, 0.05) is 0 Å². The lowest BCUT2D eigenvalue weighted by Crippen LogP contribution is -1.55. The largest absolute Gasteiger partial charge is 0.180 e. The highest BCUT2D eigenvalue weighted by Gasteiger charge is 1.78. The number of rotatable bonds is 2. The summed E-state index contributed by atoms with van der Waals surface area (Å²) in [6, 6.07) is 0. The molecule has 9 heavy (non-hydrogen) atoms. The summed E-state index contributed by atoms with van der Waals surface area (Å²) in [7, 11) is 0. The summed E-state index contributed by atoms with van der Waals surface area (Å²) in [5.41, 5.74) is 0. The Kier molecular flexibility index (Phi) is 15.6. The third-order valence-electron chi connectivity index (χ3n) is 0.493. The Labute approximate surface area is 71.8 Å². The molecule has 3 heteroatoms. The highest BCUT2D eigenvalue weighted by molar-refractivity contribution is 6.63. The minimum absolute atomic E-state index is 0.750. The van der Waals surface area contributed by atoms with Crippen LogP contribution < -0.4 is 0 Å². The van der Waals surface area contributed by atoms with E-state index < -0.39 is 4.30 Å². The molecular weight excluding hydrogens is 178 g/mol. The van der Waals surface area contributed by atoms with E-state index >= 15 is 0 Å². The van der Waals surface area contributed by atoms with Gasteiger partial charge in [0.2, 0.25) is 0 Å². The molecule has 0 atom stereocenters. The van der Waals surface area contributed by atoms with Crippen LogP contribution in [0.4, 0.5) is 0 Å². The molecule has 0 aromatic rings. The Morgan fingerprint density at radius 3 is 1.78 bits per heavy atom. The van der Waals surface area contributed by atoms with Gasteiger partial charge in [-0.1, -0.05) is 54.2 Å². The minimum Gasteiger partial charge on any atom is -0.103 e. The standard InChI is InChI=1S/C5H10.CHCl3/c1-3-5-4-2;2-1(3)4/h3H,1,4-5H2,2H3;1H. The van der Waals surface area contributed by atoms with Crippen molar-refractivity contribution in [3.8, 4) is 0 Å². The highest BCUT2D eigenvalue weighted by Crippen LogP contribution is 2.03. The molecule has 0 aliphatic rings. The Bertz CT molecular complexity index is 49.5. The minimum atomic E-state index is -0.750. The van der Waals surface area contributed by atoms with Gasteiger partial charge in [-0.25, -0.2) is 0 Å². The molecule has 0 heterocycles. The zero-order valence-corrected chi connectivity index (χ0v) is 7.68. The van der Waals surface area contributed by atoms with Crippen molar-refractivity contribution in [2.75, 3.05) is 0 Å². The van der Waals surface area contributed by atoms with E-state index in [9.17, 15) is 0 Å². The molecule has 0 amide bonds.